The fourth-order valence-corrected chi connectivity index (χ4v) is 5.65. The van der Waals surface area contributed by atoms with Crippen molar-refractivity contribution in [3.8, 4) is 0 Å². The van der Waals surface area contributed by atoms with Gasteiger partial charge in [0.2, 0.25) is 0 Å². The highest BCUT2D eigenvalue weighted by Gasteiger charge is 2.33. The zero-order valence-electron chi connectivity index (χ0n) is 12.6. The van der Waals surface area contributed by atoms with Crippen LogP contribution in [0.15, 0.2) is 0 Å². The Bertz CT molecular complexity index is 320. The molecule has 0 amide bonds. The Hall–Kier alpha value is 0.0700. The van der Waals surface area contributed by atoms with E-state index in [-0.39, 0.29) is 0 Å². The molecule has 116 valence electrons. The second-order valence-corrected chi connectivity index (χ2v) is 8.60. The van der Waals surface area contributed by atoms with E-state index < -0.39 is 10.8 Å². The van der Waals surface area contributed by atoms with Crippen LogP contribution in [0.4, 0.5) is 0 Å². The summed E-state index contributed by atoms with van der Waals surface area (Å²) in [5, 5.41) is 7.73. The lowest BCUT2D eigenvalue weighted by Gasteiger charge is -2.42. The van der Waals surface area contributed by atoms with Crippen molar-refractivity contribution in [2.75, 3.05) is 18.1 Å². The van der Waals surface area contributed by atoms with Crippen LogP contribution in [0, 0.1) is 5.92 Å². The predicted octanol–water partition coefficient (Wildman–Crippen LogP) is 2.19. The van der Waals surface area contributed by atoms with Crippen molar-refractivity contribution in [3.05, 3.63) is 0 Å². The molecule has 2 N–H and O–H groups in total. The number of rotatable bonds is 3. The van der Waals surface area contributed by atoms with Crippen molar-refractivity contribution >= 4 is 10.8 Å². The van der Waals surface area contributed by atoms with E-state index >= 15 is 0 Å². The van der Waals surface area contributed by atoms with Crippen LogP contribution < -0.4 is 10.6 Å². The summed E-state index contributed by atoms with van der Waals surface area (Å²) in [5.74, 6) is 2.66. The number of hydrogen-bond donors (Lipinski definition) is 2. The Labute approximate surface area is 126 Å². The largest absolute Gasteiger partial charge is 0.314 e. The van der Waals surface area contributed by atoms with Gasteiger partial charge in [-0.15, -0.1) is 0 Å². The Kier molecular flexibility index (Phi) is 5.52. The van der Waals surface area contributed by atoms with Crippen molar-refractivity contribution in [2.45, 2.75) is 75.9 Å². The average Bonchev–Trinajstić information content (AvgIpc) is 2.51. The van der Waals surface area contributed by atoms with Gasteiger partial charge >= 0.3 is 0 Å². The van der Waals surface area contributed by atoms with E-state index in [1.54, 1.807) is 0 Å². The predicted molar refractivity (Wildman–Crippen MR) is 85.4 cm³/mol. The molecule has 2 heterocycles. The van der Waals surface area contributed by atoms with Gasteiger partial charge in [-0.1, -0.05) is 19.3 Å². The molecule has 3 aliphatic rings. The minimum atomic E-state index is -0.533. The molecule has 0 aromatic heterocycles. The molecule has 0 aromatic rings. The summed E-state index contributed by atoms with van der Waals surface area (Å²) in [6, 6.07) is 2.08. The molecule has 2 aliphatic heterocycles. The highest BCUT2D eigenvalue weighted by atomic mass is 32.2. The smallest absolute Gasteiger partial charge is 0.0249 e. The van der Waals surface area contributed by atoms with Crippen LogP contribution in [0.3, 0.4) is 0 Å². The lowest BCUT2D eigenvalue weighted by atomic mass is 9.77. The summed E-state index contributed by atoms with van der Waals surface area (Å²) in [5.41, 5.74) is 0. The Balaban J connectivity index is 1.55. The molecule has 3 fully saturated rings. The first-order valence-corrected chi connectivity index (χ1v) is 10.2. The maximum Gasteiger partial charge on any atom is 0.0249 e. The maximum atomic E-state index is 11.5. The first-order chi connectivity index (χ1) is 9.83. The zero-order valence-corrected chi connectivity index (χ0v) is 13.4. The fourth-order valence-electron chi connectivity index (χ4n) is 4.36. The SMILES string of the molecule is O=S1CCC(NC2CCCCC2C2CCCCN2)CC1. The van der Waals surface area contributed by atoms with Gasteiger partial charge in [0, 0.05) is 40.4 Å². The lowest BCUT2D eigenvalue weighted by molar-refractivity contribution is 0.169. The topological polar surface area (TPSA) is 41.1 Å². The number of piperidine rings is 1. The van der Waals surface area contributed by atoms with E-state index in [0.29, 0.717) is 12.1 Å². The van der Waals surface area contributed by atoms with Crippen LogP contribution >= 0.6 is 0 Å². The molecule has 20 heavy (non-hydrogen) atoms. The molecular weight excluding hydrogens is 268 g/mol. The standard InChI is InChI=1S/C16H30N2OS/c19-20-11-8-13(9-12-20)18-16-7-2-1-5-14(16)15-6-3-4-10-17-15/h13-18H,1-12H2. The lowest BCUT2D eigenvalue weighted by Crippen LogP contribution is -2.53. The third-order valence-corrected chi connectivity index (χ3v) is 6.90. The van der Waals surface area contributed by atoms with Gasteiger partial charge in [-0.3, -0.25) is 4.21 Å². The van der Waals surface area contributed by atoms with Gasteiger partial charge in [0.1, 0.15) is 0 Å². The van der Waals surface area contributed by atoms with Gasteiger partial charge < -0.3 is 10.6 Å². The molecule has 3 rings (SSSR count). The van der Waals surface area contributed by atoms with Crippen molar-refractivity contribution < 1.29 is 4.21 Å². The minimum Gasteiger partial charge on any atom is -0.314 e. The second-order valence-electron chi connectivity index (χ2n) is 6.90. The quantitative estimate of drug-likeness (QED) is 0.839. The van der Waals surface area contributed by atoms with Gasteiger partial charge in [-0.25, -0.2) is 0 Å². The molecule has 2 saturated heterocycles. The molecule has 0 bridgehead atoms. The molecule has 3 atom stereocenters. The van der Waals surface area contributed by atoms with Crippen molar-refractivity contribution in [3.63, 3.8) is 0 Å². The van der Waals surface area contributed by atoms with Crippen LogP contribution in [0.2, 0.25) is 0 Å². The van der Waals surface area contributed by atoms with E-state index in [2.05, 4.69) is 10.6 Å². The molecule has 0 spiro atoms. The summed E-state index contributed by atoms with van der Waals surface area (Å²) >= 11 is 0. The van der Waals surface area contributed by atoms with Crippen molar-refractivity contribution in [1.29, 1.82) is 0 Å². The fraction of sp³-hybridized carbons (Fsp3) is 1.00. The van der Waals surface area contributed by atoms with Gasteiger partial charge in [0.05, 0.1) is 0 Å². The number of nitrogens with one attached hydrogen (secondary N) is 2. The van der Waals surface area contributed by atoms with Gasteiger partial charge in [0.25, 0.3) is 0 Å². The Morgan fingerprint density at radius 3 is 2.40 bits per heavy atom. The minimum absolute atomic E-state index is 0.533. The first-order valence-electron chi connectivity index (χ1n) is 8.67. The van der Waals surface area contributed by atoms with E-state index in [4.69, 9.17) is 0 Å². The van der Waals surface area contributed by atoms with Gasteiger partial charge in [-0.2, -0.15) is 0 Å². The van der Waals surface area contributed by atoms with E-state index in [9.17, 15) is 4.21 Å². The summed E-state index contributed by atoms with van der Waals surface area (Å²) < 4.78 is 11.5. The third kappa shape index (κ3) is 3.83. The molecular formula is C16H30N2OS. The van der Waals surface area contributed by atoms with Gasteiger partial charge in [-0.05, 0) is 51.0 Å². The van der Waals surface area contributed by atoms with Crippen molar-refractivity contribution in [2.24, 2.45) is 5.92 Å². The Morgan fingerprint density at radius 1 is 0.900 bits per heavy atom. The molecule has 3 unspecified atom stereocenters. The summed E-state index contributed by atoms with van der Waals surface area (Å²) in [7, 11) is -0.533. The molecule has 0 radical (unpaired) electrons. The highest BCUT2D eigenvalue weighted by Crippen LogP contribution is 2.31. The summed E-state index contributed by atoms with van der Waals surface area (Å²) in [6.45, 7) is 1.22. The monoisotopic (exact) mass is 298 g/mol. The highest BCUT2D eigenvalue weighted by molar-refractivity contribution is 7.85. The summed E-state index contributed by atoms with van der Waals surface area (Å²) in [6.07, 6.45) is 11.9. The average molecular weight is 298 g/mol. The van der Waals surface area contributed by atoms with Crippen LogP contribution in [-0.2, 0) is 10.8 Å². The third-order valence-electron chi connectivity index (χ3n) is 5.52. The normalized spacial score (nSPS) is 43.3. The van der Waals surface area contributed by atoms with Crippen LogP contribution in [0.25, 0.3) is 0 Å². The van der Waals surface area contributed by atoms with E-state index in [1.165, 1.54) is 51.5 Å². The Morgan fingerprint density at radius 2 is 1.65 bits per heavy atom. The molecule has 3 nitrogen and oxygen atoms in total. The van der Waals surface area contributed by atoms with Crippen molar-refractivity contribution in [1.82, 2.24) is 10.6 Å². The molecule has 4 heteroatoms. The summed E-state index contributed by atoms with van der Waals surface area (Å²) in [4.78, 5) is 0. The van der Waals surface area contributed by atoms with E-state index in [1.807, 2.05) is 0 Å². The molecule has 0 aromatic carbocycles. The zero-order chi connectivity index (χ0) is 13.8. The van der Waals surface area contributed by atoms with Crippen LogP contribution in [0.5, 0.6) is 0 Å². The second kappa shape index (κ2) is 7.37. The molecule has 1 aliphatic carbocycles. The van der Waals surface area contributed by atoms with Crippen LogP contribution in [0.1, 0.15) is 57.8 Å². The maximum absolute atomic E-state index is 11.5. The number of hydrogen-bond acceptors (Lipinski definition) is 3. The molecule has 1 saturated carbocycles. The van der Waals surface area contributed by atoms with Crippen LogP contribution in [-0.4, -0.2) is 40.4 Å². The van der Waals surface area contributed by atoms with E-state index in [0.717, 1.165) is 36.3 Å². The van der Waals surface area contributed by atoms with Gasteiger partial charge in [0.15, 0.2) is 0 Å². The first kappa shape index (κ1) is 15.0.